The molecule has 1 nitrogen and oxygen atoms in total. The zero-order valence-corrected chi connectivity index (χ0v) is 7.43. The average Bonchev–Trinajstić information content (AvgIpc) is 2.40. The van der Waals surface area contributed by atoms with Crippen LogP contribution in [0.4, 0.5) is 0 Å². The molecule has 0 spiro atoms. The third-order valence-electron chi connectivity index (χ3n) is 1.63. The Hall–Kier alpha value is -0.630. The lowest BCUT2D eigenvalue weighted by Gasteiger charge is -2.03. The van der Waals surface area contributed by atoms with Crippen LogP contribution in [0, 0.1) is 5.92 Å². The van der Waals surface area contributed by atoms with Crippen LogP contribution in [0.5, 0.6) is 0 Å². The van der Waals surface area contributed by atoms with Gasteiger partial charge in [0.25, 0.3) is 0 Å². The summed E-state index contributed by atoms with van der Waals surface area (Å²) in [4.78, 5) is 11.5. The maximum atomic E-state index is 10.1. The zero-order valence-electron chi connectivity index (χ0n) is 6.62. The van der Waals surface area contributed by atoms with E-state index in [1.54, 1.807) is 11.3 Å². The van der Waals surface area contributed by atoms with E-state index < -0.39 is 0 Å². The van der Waals surface area contributed by atoms with Gasteiger partial charge in [0.2, 0.25) is 0 Å². The number of carbonyl (C=O) groups excluding carboxylic acids is 1. The molecule has 0 fully saturated rings. The van der Waals surface area contributed by atoms with Crippen LogP contribution in [-0.4, -0.2) is 6.29 Å². The molecule has 1 heterocycles. The van der Waals surface area contributed by atoms with Crippen molar-refractivity contribution in [2.45, 2.75) is 19.8 Å². The summed E-state index contributed by atoms with van der Waals surface area (Å²) < 4.78 is 0. The van der Waals surface area contributed by atoms with Crippen LogP contribution in [0.1, 0.15) is 18.2 Å². The number of aldehydes is 1. The minimum absolute atomic E-state index is 0.492. The highest BCUT2D eigenvalue weighted by atomic mass is 32.1. The van der Waals surface area contributed by atoms with E-state index in [1.165, 1.54) is 4.88 Å². The molecule has 1 aromatic heterocycles. The van der Waals surface area contributed by atoms with Crippen LogP contribution < -0.4 is 0 Å². The summed E-state index contributed by atoms with van der Waals surface area (Å²) in [5.41, 5.74) is 0. The first kappa shape index (κ1) is 8.47. The number of hydrogen-bond donors (Lipinski definition) is 0. The van der Waals surface area contributed by atoms with Crippen LogP contribution in [0.25, 0.3) is 0 Å². The largest absolute Gasteiger partial charge is 0.303 e. The van der Waals surface area contributed by atoms with Gasteiger partial charge in [0.1, 0.15) is 6.29 Å². The number of carbonyl (C=O) groups is 1. The smallest absolute Gasteiger partial charge is 0.120 e. The van der Waals surface area contributed by atoms with Crippen LogP contribution in [0.15, 0.2) is 17.5 Å². The molecular weight excluding hydrogens is 156 g/mol. The molecule has 1 unspecified atom stereocenters. The number of hydrogen-bond acceptors (Lipinski definition) is 2. The summed E-state index contributed by atoms with van der Waals surface area (Å²) in [5.74, 6) is 0.492. The van der Waals surface area contributed by atoms with Gasteiger partial charge in [0.05, 0.1) is 0 Å². The van der Waals surface area contributed by atoms with Gasteiger partial charge in [-0.2, -0.15) is 0 Å². The Morgan fingerprint density at radius 1 is 1.73 bits per heavy atom. The highest BCUT2D eigenvalue weighted by Gasteiger charge is 2.02. The monoisotopic (exact) mass is 168 g/mol. The van der Waals surface area contributed by atoms with Crippen molar-refractivity contribution >= 4 is 17.6 Å². The molecule has 0 aliphatic carbocycles. The summed E-state index contributed by atoms with van der Waals surface area (Å²) in [6, 6.07) is 4.17. The Balaban J connectivity index is 2.37. The third kappa shape index (κ3) is 2.85. The molecule has 1 rings (SSSR count). The van der Waals surface area contributed by atoms with Gasteiger partial charge in [-0.25, -0.2) is 0 Å². The number of rotatable bonds is 4. The van der Waals surface area contributed by atoms with Crippen LogP contribution in [0.3, 0.4) is 0 Å². The SMILES string of the molecule is CC(CC=O)Cc1cccs1. The van der Waals surface area contributed by atoms with Crippen molar-refractivity contribution in [1.29, 1.82) is 0 Å². The molecule has 0 N–H and O–H groups in total. The van der Waals surface area contributed by atoms with E-state index in [1.807, 2.05) is 6.07 Å². The summed E-state index contributed by atoms with van der Waals surface area (Å²) in [6.07, 6.45) is 2.71. The van der Waals surface area contributed by atoms with E-state index in [0.717, 1.165) is 12.7 Å². The van der Waals surface area contributed by atoms with Crippen LogP contribution in [-0.2, 0) is 11.2 Å². The molecule has 1 atom stereocenters. The second-order valence-electron chi connectivity index (χ2n) is 2.79. The van der Waals surface area contributed by atoms with E-state index in [2.05, 4.69) is 18.4 Å². The fourth-order valence-corrected chi connectivity index (χ4v) is 1.89. The highest BCUT2D eigenvalue weighted by molar-refractivity contribution is 7.09. The Kier molecular flexibility index (Phi) is 3.30. The molecule has 0 radical (unpaired) electrons. The van der Waals surface area contributed by atoms with Crippen molar-refractivity contribution in [3.05, 3.63) is 22.4 Å². The van der Waals surface area contributed by atoms with Crippen molar-refractivity contribution in [2.24, 2.45) is 5.92 Å². The van der Waals surface area contributed by atoms with Crippen LogP contribution in [0.2, 0.25) is 0 Å². The summed E-state index contributed by atoms with van der Waals surface area (Å²) in [6.45, 7) is 2.11. The molecule has 1 aromatic rings. The molecule has 11 heavy (non-hydrogen) atoms. The molecule has 0 aromatic carbocycles. The van der Waals surface area contributed by atoms with Gasteiger partial charge in [-0.05, 0) is 23.8 Å². The molecule has 0 saturated carbocycles. The second kappa shape index (κ2) is 4.29. The van der Waals surface area contributed by atoms with Crippen molar-refractivity contribution in [3.63, 3.8) is 0 Å². The molecule has 0 amide bonds. The third-order valence-corrected chi connectivity index (χ3v) is 2.53. The maximum absolute atomic E-state index is 10.1. The minimum Gasteiger partial charge on any atom is -0.303 e. The van der Waals surface area contributed by atoms with Crippen molar-refractivity contribution in [2.75, 3.05) is 0 Å². The Morgan fingerprint density at radius 2 is 2.55 bits per heavy atom. The Morgan fingerprint density at radius 3 is 3.09 bits per heavy atom. The molecular formula is C9H12OS. The first-order chi connectivity index (χ1) is 5.33. The number of thiophene rings is 1. The molecule has 0 saturated heterocycles. The fraction of sp³-hybridized carbons (Fsp3) is 0.444. The summed E-state index contributed by atoms with van der Waals surface area (Å²) >= 11 is 1.76. The zero-order chi connectivity index (χ0) is 8.10. The normalized spacial score (nSPS) is 12.8. The maximum Gasteiger partial charge on any atom is 0.120 e. The predicted octanol–water partition coefficient (Wildman–Crippen LogP) is 2.52. The second-order valence-corrected chi connectivity index (χ2v) is 3.82. The predicted molar refractivity (Wildman–Crippen MR) is 47.9 cm³/mol. The summed E-state index contributed by atoms with van der Waals surface area (Å²) in [5, 5.41) is 2.07. The van der Waals surface area contributed by atoms with Crippen LogP contribution >= 0.6 is 11.3 Å². The minimum atomic E-state index is 0.492. The molecule has 0 aliphatic heterocycles. The van der Waals surface area contributed by atoms with Crippen molar-refractivity contribution in [1.82, 2.24) is 0 Å². The van der Waals surface area contributed by atoms with Gasteiger partial charge < -0.3 is 4.79 Å². The molecule has 0 bridgehead atoms. The van der Waals surface area contributed by atoms with E-state index in [-0.39, 0.29) is 0 Å². The lowest BCUT2D eigenvalue weighted by molar-refractivity contribution is -0.108. The molecule has 60 valence electrons. The van der Waals surface area contributed by atoms with E-state index >= 15 is 0 Å². The van der Waals surface area contributed by atoms with Gasteiger partial charge in [0, 0.05) is 11.3 Å². The highest BCUT2D eigenvalue weighted by Crippen LogP contribution is 2.15. The standard InChI is InChI=1S/C9H12OS/c1-8(4-5-10)7-9-3-2-6-11-9/h2-3,5-6,8H,4,7H2,1H3. The fourth-order valence-electron chi connectivity index (χ4n) is 1.02. The Bertz CT molecular complexity index is 203. The van der Waals surface area contributed by atoms with E-state index in [4.69, 9.17) is 0 Å². The first-order valence-electron chi connectivity index (χ1n) is 3.79. The van der Waals surface area contributed by atoms with E-state index in [9.17, 15) is 4.79 Å². The lowest BCUT2D eigenvalue weighted by atomic mass is 10.0. The van der Waals surface area contributed by atoms with E-state index in [0.29, 0.717) is 12.3 Å². The Labute approximate surface area is 71.1 Å². The van der Waals surface area contributed by atoms with Crippen molar-refractivity contribution < 1.29 is 4.79 Å². The summed E-state index contributed by atoms with van der Waals surface area (Å²) in [7, 11) is 0. The van der Waals surface area contributed by atoms with Gasteiger partial charge in [-0.1, -0.05) is 13.0 Å². The van der Waals surface area contributed by atoms with Gasteiger partial charge >= 0.3 is 0 Å². The topological polar surface area (TPSA) is 17.1 Å². The molecule has 2 heteroatoms. The van der Waals surface area contributed by atoms with Gasteiger partial charge in [-0.3, -0.25) is 0 Å². The average molecular weight is 168 g/mol. The molecule has 0 aliphatic rings. The van der Waals surface area contributed by atoms with Gasteiger partial charge in [-0.15, -0.1) is 11.3 Å². The quantitative estimate of drug-likeness (QED) is 0.631. The first-order valence-corrected chi connectivity index (χ1v) is 4.67. The van der Waals surface area contributed by atoms with Gasteiger partial charge in [0.15, 0.2) is 0 Å². The van der Waals surface area contributed by atoms with Crippen molar-refractivity contribution in [3.8, 4) is 0 Å². The lowest BCUT2D eigenvalue weighted by Crippen LogP contribution is -1.98.